The van der Waals surface area contributed by atoms with E-state index in [9.17, 15) is 4.79 Å². The second-order valence-electron chi connectivity index (χ2n) is 3.97. The van der Waals surface area contributed by atoms with Gasteiger partial charge in [0.05, 0.1) is 6.20 Å². The second kappa shape index (κ2) is 5.47. The molecule has 2 N–H and O–H groups in total. The van der Waals surface area contributed by atoms with Gasteiger partial charge in [-0.25, -0.2) is 9.78 Å². The number of aryl methyl sites for hydroxylation is 1. The van der Waals surface area contributed by atoms with Crippen LogP contribution in [0.2, 0.25) is 0 Å². The number of carboxylic acids is 1. The van der Waals surface area contributed by atoms with Gasteiger partial charge in [-0.15, -0.1) is 0 Å². The fourth-order valence-corrected chi connectivity index (χ4v) is 1.71. The number of nitrogens with one attached hydrogen (secondary N) is 1. The van der Waals surface area contributed by atoms with Crippen molar-refractivity contribution < 1.29 is 9.90 Å². The van der Waals surface area contributed by atoms with Crippen molar-refractivity contribution >= 4 is 23.6 Å². The quantitative estimate of drug-likeness (QED) is 0.786. The maximum absolute atomic E-state index is 10.6. The summed E-state index contributed by atoms with van der Waals surface area (Å²) in [7, 11) is 1.76. The zero-order valence-corrected chi connectivity index (χ0v) is 10.8. The summed E-state index contributed by atoms with van der Waals surface area (Å²) in [6, 6.07) is 0. The lowest BCUT2D eigenvalue weighted by Crippen LogP contribution is -2.07. The van der Waals surface area contributed by atoms with Gasteiger partial charge in [-0.1, -0.05) is 6.92 Å². The van der Waals surface area contributed by atoms with Gasteiger partial charge in [0.2, 0.25) is 5.95 Å². The van der Waals surface area contributed by atoms with Crippen LogP contribution in [0.1, 0.15) is 24.7 Å². The van der Waals surface area contributed by atoms with Gasteiger partial charge in [0.25, 0.3) is 0 Å². The molecular weight excluding hydrogens is 246 g/mol. The van der Waals surface area contributed by atoms with Gasteiger partial charge in [0.15, 0.2) is 5.65 Å². The molecule has 0 fully saturated rings. The molecule has 0 aliphatic heterocycles. The minimum absolute atomic E-state index is 0.587. The standard InChI is InChI=1S/C12H15N5O2/c1-3-4-9-15-11-8(5-6-10(18)19)7-14-17(11)12(13-2)16-9/h5-7H,3-4H2,1-2H3,(H,18,19)(H,13,15,16). The zero-order chi connectivity index (χ0) is 13.8. The molecule has 2 aromatic heterocycles. The summed E-state index contributed by atoms with van der Waals surface area (Å²) >= 11 is 0. The number of carbonyl (C=O) groups is 1. The van der Waals surface area contributed by atoms with Crippen LogP contribution < -0.4 is 5.32 Å². The summed E-state index contributed by atoms with van der Waals surface area (Å²) in [5, 5.41) is 15.8. The Morgan fingerprint density at radius 2 is 2.32 bits per heavy atom. The first kappa shape index (κ1) is 13.0. The van der Waals surface area contributed by atoms with Gasteiger partial charge >= 0.3 is 5.97 Å². The Morgan fingerprint density at radius 1 is 1.53 bits per heavy atom. The highest BCUT2D eigenvalue weighted by molar-refractivity contribution is 5.86. The number of nitrogens with zero attached hydrogens (tertiary/aromatic N) is 4. The summed E-state index contributed by atoms with van der Waals surface area (Å²) in [4.78, 5) is 19.3. The van der Waals surface area contributed by atoms with E-state index in [1.54, 1.807) is 17.8 Å². The average Bonchev–Trinajstić information content (AvgIpc) is 2.79. The summed E-state index contributed by atoms with van der Waals surface area (Å²) in [6.07, 6.45) is 5.82. The van der Waals surface area contributed by atoms with Gasteiger partial charge in [-0.05, 0) is 12.5 Å². The Kier molecular flexibility index (Phi) is 3.74. The van der Waals surface area contributed by atoms with Gasteiger partial charge in [0.1, 0.15) is 5.82 Å². The Hall–Kier alpha value is -2.44. The Balaban J connectivity index is 2.55. The first-order valence-corrected chi connectivity index (χ1v) is 5.99. The van der Waals surface area contributed by atoms with Gasteiger partial charge in [0, 0.05) is 25.1 Å². The van der Waals surface area contributed by atoms with Crippen molar-refractivity contribution in [1.29, 1.82) is 0 Å². The van der Waals surface area contributed by atoms with Gasteiger partial charge in [-0.2, -0.15) is 14.6 Å². The monoisotopic (exact) mass is 261 g/mol. The number of hydrogen-bond donors (Lipinski definition) is 2. The molecule has 0 unspecified atom stereocenters. The third-order valence-corrected chi connectivity index (χ3v) is 2.54. The van der Waals surface area contributed by atoms with E-state index in [-0.39, 0.29) is 0 Å². The average molecular weight is 261 g/mol. The summed E-state index contributed by atoms with van der Waals surface area (Å²) in [5.74, 6) is 0.296. The smallest absolute Gasteiger partial charge is 0.328 e. The molecule has 0 amide bonds. The predicted octanol–water partition coefficient (Wildman–Crippen LogP) is 1.22. The molecule has 0 aromatic carbocycles. The van der Waals surface area contributed by atoms with Crippen LogP contribution in [0, 0.1) is 0 Å². The molecule has 2 rings (SSSR count). The van der Waals surface area contributed by atoms with Crippen LogP contribution in [-0.2, 0) is 11.2 Å². The van der Waals surface area contributed by atoms with Crippen molar-refractivity contribution in [3.63, 3.8) is 0 Å². The number of hydrogen-bond acceptors (Lipinski definition) is 5. The molecule has 2 aromatic rings. The van der Waals surface area contributed by atoms with E-state index in [1.807, 2.05) is 6.92 Å². The third-order valence-electron chi connectivity index (χ3n) is 2.54. The molecule has 19 heavy (non-hydrogen) atoms. The van der Waals surface area contributed by atoms with E-state index in [4.69, 9.17) is 5.11 Å². The van der Waals surface area contributed by atoms with E-state index in [0.29, 0.717) is 23.0 Å². The second-order valence-corrected chi connectivity index (χ2v) is 3.97. The van der Waals surface area contributed by atoms with Crippen LogP contribution in [0.25, 0.3) is 11.7 Å². The van der Waals surface area contributed by atoms with Gasteiger partial charge < -0.3 is 10.4 Å². The Morgan fingerprint density at radius 3 is 2.95 bits per heavy atom. The summed E-state index contributed by atoms with van der Waals surface area (Å²) in [5.41, 5.74) is 1.25. The number of carboxylic acid groups (broad SMARTS) is 1. The van der Waals surface area contributed by atoms with Crippen molar-refractivity contribution in [3.8, 4) is 0 Å². The fraction of sp³-hybridized carbons (Fsp3) is 0.333. The number of rotatable bonds is 5. The molecule has 7 heteroatoms. The SMILES string of the molecule is CCCc1nc(NC)n2ncc(C=CC(=O)O)c2n1. The number of fused-ring (bicyclic) bond motifs is 1. The van der Waals surface area contributed by atoms with Crippen LogP contribution in [0.4, 0.5) is 5.95 Å². The lowest BCUT2D eigenvalue weighted by Gasteiger charge is -2.05. The molecule has 0 saturated carbocycles. The van der Waals surface area contributed by atoms with Crippen molar-refractivity contribution in [3.05, 3.63) is 23.7 Å². The van der Waals surface area contributed by atoms with E-state index < -0.39 is 5.97 Å². The molecule has 0 saturated heterocycles. The van der Waals surface area contributed by atoms with E-state index >= 15 is 0 Å². The number of anilines is 1. The maximum Gasteiger partial charge on any atom is 0.328 e. The van der Waals surface area contributed by atoms with Crippen molar-refractivity contribution in [2.45, 2.75) is 19.8 Å². The predicted molar refractivity (Wildman–Crippen MR) is 71.0 cm³/mol. The summed E-state index contributed by atoms with van der Waals surface area (Å²) in [6.45, 7) is 2.05. The topological polar surface area (TPSA) is 92.4 Å². The molecule has 0 aliphatic carbocycles. The molecule has 2 heterocycles. The van der Waals surface area contributed by atoms with E-state index in [0.717, 1.165) is 18.9 Å². The fourth-order valence-electron chi connectivity index (χ4n) is 1.71. The van der Waals surface area contributed by atoms with E-state index in [1.165, 1.54) is 6.08 Å². The highest BCUT2D eigenvalue weighted by Crippen LogP contribution is 2.15. The minimum Gasteiger partial charge on any atom is -0.478 e. The molecule has 0 aliphatic rings. The van der Waals surface area contributed by atoms with Crippen molar-refractivity contribution in [2.75, 3.05) is 12.4 Å². The lowest BCUT2D eigenvalue weighted by molar-refractivity contribution is -0.131. The van der Waals surface area contributed by atoms with Crippen LogP contribution in [0.5, 0.6) is 0 Å². The first-order valence-electron chi connectivity index (χ1n) is 5.99. The molecule has 100 valence electrons. The Labute approximate surface area is 110 Å². The molecule has 0 radical (unpaired) electrons. The van der Waals surface area contributed by atoms with Crippen molar-refractivity contribution in [2.24, 2.45) is 0 Å². The molecular formula is C12H15N5O2. The molecule has 0 bridgehead atoms. The zero-order valence-electron chi connectivity index (χ0n) is 10.8. The van der Waals surface area contributed by atoms with Gasteiger partial charge in [-0.3, -0.25) is 0 Å². The van der Waals surface area contributed by atoms with Crippen LogP contribution >= 0.6 is 0 Å². The maximum atomic E-state index is 10.6. The highest BCUT2D eigenvalue weighted by Gasteiger charge is 2.10. The summed E-state index contributed by atoms with van der Waals surface area (Å²) < 4.78 is 1.56. The highest BCUT2D eigenvalue weighted by atomic mass is 16.4. The molecule has 0 atom stereocenters. The van der Waals surface area contributed by atoms with Crippen LogP contribution in [-0.4, -0.2) is 37.7 Å². The van der Waals surface area contributed by atoms with Crippen LogP contribution in [0.3, 0.4) is 0 Å². The lowest BCUT2D eigenvalue weighted by atomic mass is 10.3. The minimum atomic E-state index is -1.00. The third kappa shape index (κ3) is 2.70. The molecule has 7 nitrogen and oxygen atoms in total. The van der Waals surface area contributed by atoms with Crippen molar-refractivity contribution in [1.82, 2.24) is 19.6 Å². The number of aliphatic carboxylic acids is 1. The van der Waals surface area contributed by atoms with Crippen LogP contribution in [0.15, 0.2) is 12.3 Å². The largest absolute Gasteiger partial charge is 0.478 e. The molecule has 0 spiro atoms. The number of aromatic nitrogens is 4. The van der Waals surface area contributed by atoms with E-state index in [2.05, 4.69) is 20.4 Å². The normalized spacial score (nSPS) is 11.3. The Bertz CT molecular complexity index is 632. The first-order chi connectivity index (χ1) is 9.15.